The molecule has 1 amide bonds. The van der Waals surface area contributed by atoms with Gasteiger partial charge >= 0.3 is 5.97 Å². The van der Waals surface area contributed by atoms with E-state index in [1.54, 1.807) is 31.3 Å². The Hall–Kier alpha value is -3.72. The van der Waals surface area contributed by atoms with Crippen molar-refractivity contribution in [1.82, 2.24) is 4.90 Å². The monoisotopic (exact) mass is 497 g/mol. The lowest BCUT2D eigenvalue weighted by atomic mass is 10.1. The number of amides is 1. The number of rotatable bonds is 9. The Morgan fingerprint density at radius 2 is 1.71 bits per heavy atom. The van der Waals surface area contributed by atoms with Crippen molar-refractivity contribution in [3.05, 3.63) is 59.0 Å². The van der Waals surface area contributed by atoms with Crippen molar-refractivity contribution in [1.29, 1.82) is 0 Å². The summed E-state index contributed by atoms with van der Waals surface area (Å²) in [6.07, 6.45) is 0. The summed E-state index contributed by atoms with van der Waals surface area (Å²) in [5.74, 6) is 1.79. The van der Waals surface area contributed by atoms with Crippen molar-refractivity contribution in [2.45, 2.75) is 13.5 Å². The zero-order valence-corrected chi connectivity index (χ0v) is 20.7. The molecule has 4 rings (SSSR count). The number of fused-ring (bicyclic) bond motifs is 1. The summed E-state index contributed by atoms with van der Waals surface area (Å²) >= 11 is 1.30. The lowest BCUT2D eigenvalue weighted by Crippen LogP contribution is -2.34. The number of nitrogens with zero attached hydrogens (tertiary/aromatic N) is 1. The zero-order valence-electron chi connectivity index (χ0n) is 19.9. The molecule has 0 spiro atoms. The highest BCUT2D eigenvalue weighted by atomic mass is 32.1. The third-order valence-electron chi connectivity index (χ3n) is 5.52. The summed E-state index contributed by atoms with van der Waals surface area (Å²) < 4.78 is 27.1. The largest absolute Gasteiger partial charge is 0.493 e. The van der Waals surface area contributed by atoms with Crippen molar-refractivity contribution >= 4 is 23.2 Å². The number of thiophene rings is 1. The van der Waals surface area contributed by atoms with Crippen LogP contribution in [0.5, 0.6) is 23.0 Å². The SMILES string of the molecule is CCN(Cc1ccc(OC)c(OC)c1)C(=O)COC(=O)c1ccc(-c2ccc3c(c2)OCCO3)s1. The molecule has 0 aliphatic carbocycles. The summed E-state index contributed by atoms with van der Waals surface area (Å²) in [5, 5.41) is 0. The van der Waals surface area contributed by atoms with Gasteiger partial charge in [0.15, 0.2) is 29.6 Å². The van der Waals surface area contributed by atoms with Gasteiger partial charge in [-0.05, 0) is 60.5 Å². The molecule has 0 N–H and O–H groups in total. The topological polar surface area (TPSA) is 83.5 Å². The first-order valence-electron chi connectivity index (χ1n) is 11.2. The maximum Gasteiger partial charge on any atom is 0.348 e. The highest BCUT2D eigenvalue weighted by molar-refractivity contribution is 7.17. The van der Waals surface area contributed by atoms with Crippen molar-refractivity contribution in [2.75, 3.05) is 40.6 Å². The van der Waals surface area contributed by atoms with Crippen LogP contribution in [0.4, 0.5) is 0 Å². The predicted molar refractivity (Wildman–Crippen MR) is 132 cm³/mol. The highest BCUT2D eigenvalue weighted by Crippen LogP contribution is 2.37. The van der Waals surface area contributed by atoms with E-state index in [-0.39, 0.29) is 12.5 Å². The van der Waals surface area contributed by atoms with Crippen LogP contribution < -0.4 is 18.9 Å². The molecule has 0 radical (unpaired) electrons. The molecule has 9 heteroatoms. The molecule has 8 nitrogen and oxygen atoms in total. The van der Waals surface area contributed by atoms with Gasteiger partial charge in [0.05, 0.1) is 14.2 Å². The van der Waals surface area contributed by atoms with Gasteiger partial charge in [0.2, 0.25) is 0 Å². The van der Waals surface area contributed by atoms with Gasteiger partial charge in [-0.3, -0.25) is 4.79 Å². The van der Waals surface area contributed by atoms with Crippen LogP contribution in [0.1, 0.15) is 22.2 Å². The molecule has 0 fully saturated rings. The first kappa shape index (κ1) is 24.4. The molecule has 2 aromatic carbocycles. The van der Waals surface area contributed by atoms with E-state index in [9.17, 15) is 9.59 Å². The Morgan fingerprint density at radius 3 is 2.46 bits per heavy atom. The standard InChI is InChI=1S/C26H27NO7S/c1-4-27(15-17-5-7-19(30-2)21(13-17)31-3)25(28)16-34-26(29)24-10-9-23(35-24)18-6-8-20-22(14-18)33-12-11-32-20/h5-10,13-14H,4,11-12,15-16H2,1-3H3. The van der Waals surface area contributed by atoms with Crippen molar-refractivity contribution in [3.8, 4) is 33.4 Å². The molecule has 0 atom stereocenters. The lowest BCUT2D eigenvalue weighted by Gasteiger charge is -2.21. The van der Waals surface area contributed by atoms with Crippen LogP contribution in [0, 0.1) is 0 Å². The number of methoxy groups -OCH3 is 2. The second kappa shape index (κ2) is 11.1. The van der Waals surface area contributed by atoms with Crippen LogP contribution in [0.2, 0.25) is 0 Å². The first-order chi connectivity index (χ1) is 17.0. The molecule has 0 saturated carbocycles. The first-order valence-corrected chi connectivity index (χ1v) is 12.0. The van der Waals surface area contributed by atoms with E-state index in [4.69, 9.17) is 23.7 Å². The average Bonchev–Trinajstić information content (AvgIpc) is 3.40. The van der Waals surface area contributed by atoms with Gasteiger partial charge in [0.25, 0.3) is 5.91 Å². The van der Waals surface area contributed by atoms with Crippen LogP contribution in [0.15, 0.2) is 48.5 Å². The van der Waals surface area contributed by atoms with Crippen LogP contribution in [-0.4, -0.2) is 57.4 Å². The molecule has 0 bridgehead atoms. The van der Waals surface area contributed by atoms with E-state index in [0.717, 1.165) is 16.0 Å². The third kappa shape index (κ3) is 5.68. The molecular weight excluding hydrogens is 470 g/mol. The van der Waals surface area contributed by atoms with E-state index in [0.29, 0.717) is 54.2 Å². The molecule has 0 unspecified atom stereocenters. The van der Waals surface area contributed by atoms with Gasteiger partial charge in [-0.1, -0.05) is 6.07 Å². The summed E-state index contributed by atoms with van der Waals surface area (Å²) in [5.41, 5.74) is 1.80. The van der Waals surface area contributed by atoms with Crippen LogP contribution in [0.3, 0.4) is 0 Å². The fourth-order valence-corrected chi connectivity index (χ4v) is 4.56. The summed E-state index contributed by atoms with van der Waals surface area (Å²) in [4.78, 5) is 28.2. The van der Waals surface area contributed by atoms with Crippen LogP contribution >= 0.6 is 11.3 Å². The molecule has 1 aliphatic rings. The van der Waals surface area contributed by atoms with E-state index in [2.05, 4.69) is 0 Å². The number of ether oxygens (including phenoxy) is 5. The van der Waals surface area contributed by atoms with Gasteiger partial charge in [-0.2, -0.15) is 0 Å². The number of benzene rings is 2. The number of esters is 1. The van der Waals surface area contributed by atoms with E-state index in [1.165, 1.54) is 11.3 Å². The van der Waals surface area contributed by atoms with Gasteiger partial charge in [-0.25, -0.2) is 4.79 Å². The van der Waals surface area contributed by atoms with Gasteiger partial charge in [-0.15, -0.1) is 11.3 Å². The minimum absolute atomic E-state index is 0.278. The lowest BCUT2D eigenvalue weighted by molar-refractivity contribution is -0.134. The molecular formula is C26H27NO7S. The second-order valence-corrected chi connectivity index (χ2v) is 8.78. The summed E-state index contributed by atoms with van der Waals surface area (Å²) in [6, 6.07) is 14.7. The molecule has 1 aliphatic heterocycles. The number of carbonyl (C=O) groups is 2. The number of hydrogen-bond acceptors (Lipinski definition) is 8. The fraction of sp³-hybridized carbons (Fsp3) is 0.308. The molecule has 3 aromatic rings. The normalized spacial score (nSPS) is 12.1. The second-order valence-electron chi connectivity index (χ2n) is 7.70. The maximum atomic E-state index is 12.7. The number of hydrogen-bond donors (Lipinski definition) is 0. The van der Waals surface area contributed by atoms with Gasteiger partial charge in [0.1, 0.15) is 18.1 Å². The number of likely N-dealkylation sites (N-methyl/N-ethyl adjacent to an activating group) is 1. The quantitative estimate of drug-likeness (QED) is 0.405. The Bertz CT molecular complexity index is 1210. The number of carbonyl (C=O) groups excluding carboxylic acids is 2. The van der Waals surface area contributed by atoms with E-state index < -0.39 is 5.97 Å². The fourth-order valence-electron chi connectivity index (χ4n) is 3.66. The van der Waals surface area contributed by atoms with Crippen LogP contribution in [0.25, 0.3) is 10.4 Å². The van der Waals surface area contributed by atoms with Crippen molar-refractivity contribution < 1.29 is 33.3 Å². The van der Waals surface area contributed by atoms with Crippen molar-refractivity contribution in [2.24, 2.45) is 0 Å². The minimum Gasteiger partial charge on any atom is -0.493 e. The minimum atomic E-state index is -0.533. The average molecular weight is 498 g/mol. The molecule has 35 heavy (non-hydrogen) atoms. The molecule has 2 heterocycles. The van der Waals surface area contributed by atoms with Gasteiger partial charge in [0, 0.05) is 18.0 Å². The Morgan fingerprint density at radius 1 is 0.943 bits per heavy atom. The molecule has 184 valence electrons. The van der Waals surface area contributed by atoms with E-state index in [1.807, 2.05) is 43.3 Å². The Balaban J connectivity index is 1.35. The molecule has 0 saturated heterocycles. The maximum absolute atomic E-state index is 12.7. The predicted octanol–water partition coefficient (Wildman–Crippen LogP) is 4.41. The van der Waals surface area contributed by atoms with E-state index >= 15 is 0 Å². The van der Waals surface area contributed by atoms with Gasteiger partial charge < -0.3 is 28.6 Å². The Kier molecular flexibility index (Phi) is 7.77. The summed E-state index contributed by atoms with van der Waals surface area (Å²) in [6.45, 7) is 3.41. The van der Waals surface area contributed by atoms with Crippen molar-refractivity contribution in [3.63, 3.8) is 0 Å². The highest BCUT2D eigenvalue weighted by Gasteiger charge is 2.19. The Labute approximate surface area is 207 Å². The summed E-state index contributed by atoms with van der Waals surface area (Å²) in [7, 11) is 3.13. The van der Waals surface area contributed by atoms with Crippen LogP contribution in [-0.2, 0) is 16.1 Å². The smallest absolute Gasteiger partial charge is 0.348 e. The zero-order chi connectivity index (χ0) is 24.8. The molecule has 1 aromatic heterocycles. The third-order valence-corrected chi connectivity index (χ3v) is 6.63.